The maximum absolute atomic E-state index is 12.5. The first-order valence-electron chi connectivity index (χ1n) is 6.90. The summed E-state index contributed by atoms with van der Waals surface area (Å²) in [6.45, 7) is 1.48. The quantitative estimate of drug-likeness (QED) is 0.466. The van der Waals surface area contributed by atoms with Crippen LogP contribution in [-0.4, -0.2) is 29.8 Å². The number of ketones is 1. The second-order valence-electron chi connectivity index (χ2n) is 5.62. The zero-order valence-electron chi connectivity index (χ0n) is 11.4. The number of anilines is 1. The first kappa shape index (κ1) is 12.5. The van der Waals surface area contributed by atoms with Crippen LogP contribution in [0.1, 0.15) is 17.3 Å². The molecule has 0 aromatic heterocycles. The molecular weight excluding hydrogens is 270 g/mol. The van der Waals surface area contributed by atoms with Gasteiger partial charge in [-0.05, 0) is 31.2 Å². The van der Waals surface area contributed by atoms with Crippen LogP contribution in [-0.2, 0) is 14.3 Å². The molecule has 5 heteroatoms. The SMILES string of the molecule is CC(=O)c1ccc(N2C(=O)[C@@H]3[C@H](C2=O)[C@H]2C=C[C@@H]3O2)cc1. The van der Waals surface area contributed by atoms with Crippen LogP contribution in [0.4, 0.5) is 5.69 Å². The molecule has 0 unspecified atom stereocenters. The Labute approximate surface area is 121 Å². The maximum Gasteiger partial charge on any atom is 0.240 e. The van der Waals surface area contributed by atoms with Crippen LogP contribution in [0.2, 0.25) is 0 Å². The highest BCUT2D eigenvalue weighted by Gasteiger charge is 2.60. The van der Waals surface area contributed by atoms with Crippen molar-refractivity contribution in [3.8, 4) is 0 Å². The lowest BCUT2D eigenvalue weighted by Gasteiger charge is -2.17. The van der Waals surface area contributed by atoms with Crippen molar-refractivity contribution in [3.63, 3.8) is 0 Å². The van der Waals surface area contributed by atoms with Crippen LogP contribution >= 0.6 is 0 Å². The highest BCUT2D eigenvalue weighted by atomic mass is 16.5. The molecule has 2 amide bonds. The number of ether oxygens (including phenoxy) is 1. The predicted octanol–water partition coefficient (Wildman–Crippen LogP) is 1.33. The Bertz CT molecular complexity index is 661. The lowest BCUT2D eigenvalue weighted by molar-refractivity contribution is -0.124. The number of carbonyl (C=O) groups excluding carboxylic acids is 3. The van der Waals surface area contributed by atoms with E-state index in [0.29, 0.717) is 11.3 Å². The Morgan fingerprint density at radius 2 is 1.52 bits per heavy atom. The zero-order chi connectivity index (χ0) is 14.7. The molecule has 4 atom stereocenters. The molecule has 3 aliphatic rings. The van der Waals surface area contributed by atoms with E-state index in [2.05, 4.69) is 0 Å². The molecule has 2 saturated heterocycles. The molecule has 1 aromatic rings. The number of hydrogen-bond donors (Lipinski definition) is 0. The Morgan fingerprint density at radius 3 is 2.00 bits per heavy atom. The lowest BCUT2D eigenvalue weighted by atomic mass is 9.85. The second-order valence-corrected chi connectivity index (χ2v) is 5.62. The third-order valence-corrected chi connectivity index (χ3v) is 4.44. The molecule has 106 valence electrons. The van der Waals surface area contributed by atoms with Crippen LogP contribution < -0.4 is 4.90 Å². The Morgan fingerprint density at radius 1 is 1.00 bits per heavy atom. The summed E-state index contributed by atoms with van der Waals surface area (Å²) in [6.07, 6.45) is 3.16. The molecule has 0 spiro atoms. The molecule has 2 bridgehead atoms. The number of carbonyl (C=O) groups is 3. The van der Waals surface area contributed by atoms with Crippen molar-refractivity contribution in [3.05, 3.63) is 42.0 Å². The molecule has 0 N–H and O–H groups in total. The van der Waals surface area contributed by atoms with Gasteiger partial charge in [-0.3, -0.25) is 14.4 Å². The van der Waals surface area contributed by atoms with Gasteiger partial charge in [-0.1, -0.05) is 12.2 Å². The van der Waals surface area contributed by atoms with Crippen molar-refractivity contribution < 1.29 is 19.1 Å². The van der Waals surface area contributed by atoms with E-state index in [1.807, 2.05) is 12.2 Å². The summed E-state index contributed by atoms with van der Waals surface area (Å²) >= 11 is 0. The first-order chi connectivity index (χ1) is 10.1. The van der Waals surface area contributed by atoms with Crippen molar-refractivity contribution in [2.75, 3.05) is 4.90 Å². The number of benzene rings is 1. The minimum atomic E-state index is -0.403. The van der Waals surface area contributed by atoms with E-state index >= 15 is 0 Å². The second kappa shape index (κ2) is 4.11. The van der Waals surface area contributed by atoms with Crippen LogP contribution in [0.5, 0.6) is 0 Å². The smallest absolute Gasteiger partial charge is 0.240 e. The van der Waals surface area contributed by atoms with Crippen LogP contribution in [0.3, 0.4) is 0 Å². The summed E-state index contributed by atoms with van der Waals surface area (Å²) in [6, 6.07) is 6.55. The number of nitrogens with zero attached hydrogens (tertiary/aromatic N) is 1. The van der Waals surface area contributed by atoms with E-state index in [4.69, 9.17) is 4.74 Å². The third-order valence-electron chi connectivity index (χ3n) is 4.44. The molecule has 2 fully saturated rings. The van der Waals surface area contributed by atoms with Gasteiger partial charge < -0.3 is 4.74 Å². The van der Waals surface area contributed by atoms with Crippen molar-refractivity contribution in [1.29, 1.82) is 0 Å². The van der Waals surface area contributed by atoms with E-state index in [-0.39, 0.29) is 29.8 Å². The van der Waals surface area contributed by atoms with Gasteiger partial charge >= 0.3 is 0 Å². The molecule has 5 nitrogen and oxygen atoms in total. The fourth-order valence-electron chi connectivity index (χ4n) is 3.40. The summed E-state index contributed by atoms with van der Waals surface area (Å²) < 4.78 is 5.59. The van der Waals surface area contributed by atoms with Gasteiger partial charge in [-0.2, -0.15) is 0 Å². The number of amides is 2. The molecule has 0 saturated carbocycles. The lowest BCUT2D eigenvalue weighted by Crippen LogP contribution is -2.34. The number of rotatable bonds is 2. The summed E-state index contributed by atoms with van der Waals surface area (Å²) in [5.74, 6) is -1.28. The largest absolute Gasteiger partial charge is 0.365 e. The highest BCUT2D eigenvalue weighted by Crippen LogP contribution is 2.46. The van der Waals surface area contributed by atoms with Crippen LogP contribution in [0.25, 0.3) is 0 Å². The molecular formula is C16H13NO4. The summed E-state index contributed by atoms with van der Waals surface area (Å²) in [5.41, 5.74) is 1.08. The maximum atomic E-state index is 12.5. The van der Waals surface area contributed by atoms with E-state index in [0.717, 1.165) is 0 Å². The van der Waals surface area contributed by atoms with E-state index in [1.54, 1.807) is 24.3 Å². The van der Waals surface area contributed by atoms with Gasteiger partial charge in [0.1, 0.15) is 0 Å². The Hall–Kier alpha value is -2.27. The number of hydrogen-bond acceptors (Lipinski definition) is 4. The zero-order valence-corrected chi connectivity index (χ0v) is 11.4. The standard InChI is InChI=1S/C16H13NO4/c1-8(18)9-2-4-10(5-3-9)17-15(19)13-11-6-7-12(21-11)14(13)16(17)20/h2-7,11-14H,1H3/t11-,12+,13-,14+. The van der Waals surface area contributed by atoms with E-state index in [9.17, 15) is 14.4 Å². The average Bonchev–Trinajstić information content (AvgIpc) is 3.13. The monoisotopic (exact) mass is 283 g/mol. The molecule has 0 radical (unpaired) electrons. The molecule has 4 rings (SSSR count). The van der Waals surface area contributed by atoms with Gasteiger partial charge in [-0.15, -0.1) is 0 Å². The van der Waals surface area contributed by atoms with E-state index < -0.39 is 11.8 Å². The van der Waals surface area contributed by atoms with Gasteiger partial charge in [0.25, 0.3) is 0 Å². The normalized spacial score (nSPS) is 32.9. The molecule has 21 heavy (non-hydrogen) atoms. The predicted molar refractivity (Wildman–Crippen MR) is 73.7 cm³/mol. The summed E-state index contributed by atoms with van der Waals surface area (Å²) in [5, 5.41) is 0. The van der Waals surface area contributed by atoms with Crippen molar-refractivity contribution in [1.82, 2.24) is 0 Å². The van der Waals surface area contributed by atoms with Crippen molar-refractivity contribution >= 4 is 23.3 Å². The third kappa shape index (κ3) is 1.58. The first-order valence-corrected chi connectivity index (χ1v) is 6.90. The average molecular weight is 283 g/mol. The van der Waals surface area contributed by atoms with Gasteiger partial charge in [0.05, 0.1) is 29.7 Å². The highest BCUT2D eigenvalue weighted by molar-refractivity contribution is 6.23. The summed E-state index contributed by atoms with van der Waals surface area (Å²) in [4.78, 5) is 37.6. The number of fused-ring (bicyclic) bond motifs is 5. The molecule has 1 aromatic carbocycles. The van der Waals surface area contributed by atoms with Crippen molar-refractivity contribution in [2.24, 2.45) is 11.8 Å². The molecule has 3 aliphatic heterocycles. The number of Topliss-reactive ketones (excluding diaryl/α,β-unsaturated/α-hetero) is 1. The van der Waals surface area contributed by atoms with Gasteiger partial charge in [0.2, 0.25) is 11.8 Å². The van der Waals surface area contributed by atoms with Gasteiger partial charge in [0, 0.05) is 5.56 Å². The molecule has 3 heterocycles. The van der Waals surface area contributed by atoms with Crippen LogP contribution in [0.15, 0.2) is 36.4 Å². The minimum absolute atomic E-state index is 0.0480. The van der Waals surface area contributed by atoms with E-state index in [1.165, 1.54) is 11.8 Å². The van der Waals surface area contributed by atoms with Crippen molar-refractivity contribution in [2.45, 2.75) is 19.1 Å². The minimum Gasteiger partial charge on any atom is -0.365 e. The van der Waals surface area contributed by atoms with Crippen LogP contribution in [0, 0.1) is 11.8 Å². The van der Waals surface area contributed by atoms with Gasteiger partial charge in [0.15, 0.2) is 5.78 Å². The molecule has 0 aliphatic carbocycles. The Balaban J connectivity index is 1.69. The number of imide groups is 1. The fourth-order valence-corrected chi connectivity index (χ4v) is 3.40. The topological polar surface area (TPSA) is 63.7 Å². The fraction of sp³-hybridized carbons (Fsp3) is 0.312. The summed E-state index contributed by atoms with van der Waals surface area (Å²) in [7, 11) is 0. The Kier molecular flexibility index (Phi) is 2.44. The van der Waals surface area contributed by atoms with Gasteiger partial charge in [-0.25, -0.2) is 4.90 Å².